The van der Waals surface area contributed by atoms with E-state index in [0.717, 1.165) is 11.4 Å². The third-order valence-electron chi connectivity index (χ3n) is 5.83. The van der Waals surface area contributed by atoms with E-state index in [1.807, 2.05) is 102 Å². The summed E-state index contributed by atoms with van der Waals surface area (Å²) in [6.45, 7) is 14.8. The van der Waals surface area contributed by atoms with Gasteiger partial charge in [-0.1, -0.05) is 27.7 Å². The molecule has 0 radical (unpaired) electrons. The van der Waals surface area contributed by atoms with Gasteiger partial charge in [0.1, 0.15) is 28.9 Å². The first kappa shape index (κ1) is 37.3. The van der Waals surface area contributed by atoms with Gasteiger partial charge in [0.05, 0.1) is 19.4 Å². The number of hydrogen-bond acceptors (Lipinski definition) is 9. The summed E-state index contributed by atoms with van der Waals surface area (Å²) in [5.74, 6) is 1.05. The van der Waals surface area contributed by atoms with E-state index in [-0.39, 0.29) is 6.42 Å². The van der Waals surface area contributed by atoms with E-state index in [1.54, 1.807) is 12.5 Å². The van der Waals surface area contributed by atoms with E-state index < -0.39 is 17.7 Å². The molecule has 0 unspecified atom stereocenters. The fourth-order valence-corrected chi connectivity index (χ4v) is 3.86. The zero-order valence-electron chi connectivity index (χ0n) is 28.0. The molecule has 0 fully saturated rings. The van der Waals surface area contributed by atoms with Crippen molar-refractivity contribution in [2.75, 3.05) is 25.1 Å². The molecule has 0 spiro atoms. The monoisotopic (exact) mass is 636 g/mol. The van der Waals surface area contributed by atoms with Crippen molar-refractivity contribution in [1.82, 2.24) is 24.8 Å². The number of carboxylic acids is 1. The van der Waals surface area contributed by atoms with Crippen LogP contribution in [0, 0.1) is 0 Å². The van der Waals surface area contributed by atoms with Gasteiger partial charge in [0.25, 0.3) is 0 Å². The smallest absolute Gasteiger partial charge is 0.407 e. The van der Waals surface area contributed by atoms with Gasteiger partial charge < -0.3 is 30.0 Å². The van der Waals surface area contributed by atoms with Crippen LogP contribution in [0.15, 0.2) is 61.1 Å². The largest absolute Gasteiger partial charge is 0.494 e. The van der Waals surface area contributed by atoms with Crippen LogP contribution in [0.1, 0.15) is 74.1 Å². The van der Waals surface area contributed by atoms with E-state index in [9.17, 15) is 9.59 Å². The Hall–Kier alpha value is -4.87. The Kier molecular flexibility index (Phi) is 15.8. The van der Waals surface area contributed by atoms with Crippen molar-refractivity contribution in [2.24, 2.45) is 0 Å². The molecule has 4 aromatic rings. The van der Waals surface area contributed by atoms with Gasteiger partial charge in [-0.05, 0) is 88.6 Å². The highest BCUT2D eigenvalue weighted by Crippen LogP contribution is 2.22. The Labute approximate surface area is 271 Å². The summed E-state index contributed by atoms with van der Waals surface area (Å²) in [5.41, 5.74) is 2.44. The maximum atomic E-state index is 11.7. The lowest BCUT2D eigenvalue weighted by atomic mass is 10.2. The molecule has 2 heterocycles. The summed E-state index contributed by atoms with van der Waals surface area (Å²) in [5, 5.41) is 14.6. The molecule has 0 aliphatic rings. The molecule has 0 aliphatic carbocycles. The summed E-state index contributed by atoms with van der Waals surface area (Å²) in [4.78, 5) is 35.8. The first-order chi connectivity index (χ1) is 22.2. The number of amides is 1. The summed E-state index contributed by atoms with van der Waals surface area (Å²) in [7, 11) is 0. The molecule has 0 aliphatic heterocycles. The number of nitrogens with zero attached hydrogens (tertiary/aromatic N) is 4. The van der Waals surface area contributed by atoms with Crippen LogP contribution in [-0.4, -0.2) is 62.0 Å². The molecule has 0 saturated heterocycles. The molecule has 3 N–H and O–H groups in total. The van der Waals surface area contributed by atoms with E-state index in [0.29, 0.717) is 67.6 Å². The Bertz CT molecular complexity index is 1470. The van der Waals surface area contributed by atoms with Crippen molar-refractivity contribution in [3.63, 3.8) is 0 Å². The first-order valence-electron chi connectivity index (χ1n) is 15.8. The highest BCUT2D eigenvalue weighted by atomic mass is 16.6. The van der Waals surface area contributed by atoms with Crippen molar-refractivity contribution < 1.29 is 28.9 Å². The average Bonchev–Trinajstić information content (AvgIpc) is 3.46. The number of alkyl carbamates (subject to hydrolysis) is 1. The minimum absolute atomic E-state index is 0.145. The molecular formula is C34H48N6O6. The number of aliphatic carboxylic acids is 1. The normalized spacial score (nSPS) is 10.5. The number of hydrogen-bond donors (Lipinski definition) is 3. The SMILES string of the molecule is CC.CC.CC(C)(C)OC(=O)NCCCOc1ccc(Nc2ncc3ncn(-c4ccc(OCCCCC(=O)O)cc4)c3n2)cc1. The quantitative estimate of drug-likeness (QED) is 0.118. The standard InChI is InChI=1S/C30H36N6O6.2C2H6/c1-30(2,3)42-29(39)31-16-6-18-41-23-12-8-21(9-13-23)34-28-32-19-25-27(35-28)36(20-33-25)22-10-14-24(15-11-22)40-17-5-4-7-26(37)38;2*1-2/h8-15,19-20H,4-7,16-18H2,1-3H3,(H,31,39)(H,37,38)(H,32,34,35);2*1-2H3. The van der Waals surface area contributed by atoms with Crippen molar-refractivity contribution >= 4 is 34.9 Å². The molecule has 2 aromatic heterocycles. The topological polar surface area (TPSA) is 150 Å². The lowest BCUT2D eigenvalue weighted by Gasteiger charge is -2.19. The van der Waals surface area contributed by atoms with Crippen LogP contribution in [0.25, 0.3) is 16.9 Å². The van der Waals surface area contributed by atoms with E-state index in [4.69, 9.17) is 19.3 Å². The number of nitrogens with one attached hydrogen (secondary N) is 2. The number of ether oxygens (including phenoxy) is 3. The summed E-state index contributed by atoms with van der Waals surface area (Å²) in [6.07, 6.45) is 4.97. The molecule has 0 atom stereocenters. The van der Waals surface area contributed by atoms with Crippen LogP contribution in [0.4, 0.5) is 16.4 Å². The zero-order valence-corrected chi connectivity index (χ0v) is 28.0. The number of carbonyl (C=O) groups excluding carboxylic acids is 1. The van der Waals surface area contributed by atoms with E-state index >= 15 is 0 Å². The van der Waals surface area contributed by atoms with Crippen molar-refractivity contribution in [3.8, 4) is 17.2 Å². The Morgan fingerprint density at radius 1 is 0.848 bits per heavy atom. The lowest BCUT2D eigenvalue weighted by Crippen LogP contribution is -2.33. The second-order valence-corrected chi connectivity index (χ2v) is 10.5. The fraction of sp³-hybridized carbons (Fsp3) is 0.441. The third kappa shape index (κ3) is 13.0. The molecule has 12 heteroatoms. The second-order valence-electron chi connectivity index (χ2n) is 10.5. The number of benzene rings is 2. The molecule has 12 nitrogen and oxygen atoms in total. The van der Waals surface area contributed by atoms with Gasteiger partial charge in [-0.15, -0.1) is 0 Å². The molecule has 0 saturated carbocycles. The first-order valence-corrected chi connectivity index (χ1v) is 15.8. The molecule has 4 rings (SSSR count). The number of rotatable bonds is 14. The predicted octanol–water partition coefficient (Wildman–Crippen LogP) is 7.54. The van der Waals surface area contributed by atoms with E-state index in [1.165, 1.54) is 0 Å². The third-order valence-corrected chi connectivity index (χ3v) is 5.83. The summed E-state index contributed by atoms with van der Waals surface area (Å²) in [6, 6.07) is 15.0. The maximum absolute atomic E-state index is 11.7. The van der Waals surface area contributed by atoms with Crippen LogP contribution in [0.3, 0.4) is 0 Å². The Morgan fingerprint density at radius 2 is 1.46 bits per heavy atom. The Morgan fingerprint density at radius 3 is 2.07 bits per heavy atom. The minimum Gasteiger partial charge on any atom is -0.494 e. The zero-order chi connectivity index (χ0) is 34.0. The van der Waals surface area contributed by atoms with Crippen LogP contribution < -0.4 is 20.1 Å². The fourth-order valence-electron chi connectivity index (χ4n) is 3.86. The van der Waals surface area contributed by atoms with Gasteiger partial charge in [0.15, 0.2) is 5.65 Å². The number of carbonyl (C=O) groups is 2. The summed E-state index contributed by atoms with van der Waals surface area (Å²) >= 11 is 0. The predicted molar refractivity (Wildman–Crippen MR) is 180 cm³/mol. The van der Waals surface area contributed by atoms with Gasteiger partial charge in [0, 0.05) is 24.3 Å². The Balaban J connectivity index is 0.00000177. The second kappa shape index (κ2) is 19.5. The van der Waals surface area contributed by atoms with Gasteiger partial charge in [-0.25, -0.2) is 14.8 Å². The molecule has 1 amide bonds. The van der Waals surface area contributed by atoms with Crippen LogP contribution in [-0.2, 0) is 9.53 Å². The van der Waals surface area contributed by atoms with Gasteiger partial charge >= 0.3 is 12.1 Å². The maximum Gasteiger partial charge on any atom is 0.407 e. The highest BCUT2D eigenvalue weighted by molar-refractivity contribution is 5.74. The average molecular weight is 637 g/mol. The van der Waals surface area contributed by atoms with Gasteiger partial charge in [0.2, 0.25) is 5.95 Å². The van der Waals surface area contributed by atoms with Crippen LogP contribution >= 0.6 is 0 Å². The number of carboxylic acid groups (broad SMARTS) is 1. The number of unbranched alkanes of at least 4 members (excludes halogenated alkanes) is 1. The van der Waals surface area contributed by atoms with Crippen molar-refractivity contribution in [3.05, 3.63) is 61.1 Å². The number of fused-ring (bicyclic) bond motifs is 1. The lowest BCUT2D eigenvalue weighted by molar-refractivity contribution is -0.137. The van der Waals surface area contributed by atoms with Crippen LogP contribution in [0.5, 0.6) is 11.5 Å². The molecule has 250 valence electrons. The number of anilines is 2. The number of aromatic nitrogens is 4. The van der Waals surface area contributed by atoms with E-state index in [2.05, 4.69) is 25.6 Å². The molecular weight excluding hydrogens is 588 g/mol. The highest BCUT2D eigenvalue weighted by Gasteiger charge is 2.15. The minimum atomic E-state index is -0.795. The summed E-state index contributed by atoms with van der Waals surface area (Å²) < 4.78 is 18.6. The molecule has 0 bridgehead atoms. The molecule has 2 aromatic carbocycles. The van der Waals surface area contributed by atoms with Crippen molar-refractivity contribution in [2.45, 2.75) is 79.8 Å². The van der Waals surface area contributed by atoms with Crippen LogP contribution in [0.2, 0.25) is 0 Å². The number of imidazole rings is 1. The molecule has 46 heavy (non-hydrogen) atoms. The van der Waals surface area contributed by atoms with Crippen molar-refractivity contribution in [1.29, 1.82) is 0 Å². The van der Waals surface area contributed by atoms with Gasteiger partial charge in [-0.3, -0.25) is 9.36 Å². The van der Waals surface area contributed by atoms with Gasteiger partial charge in [-0.2, -0.15) is 4.98 Å².